The van der Waals surface area contributed by atoms with Crippen molar-refractivity contribution in [2.45, 2.75) is 18.4 Å². The third-order valence-electron chi connectivity index (χ3n) is 2.54. The second kappa shape index (κ2) is 5.69. The predicted molar refractivity (Wildman–Crippen MR) is 78.9 cm³/mol. The van der Waals surface area contributed by atoms with E-state index in [1.807, 2.05) is 19.1 Å². The largest absolute Gasteiger partial charge is 0.399 e. The van der Waals surface area contributed by atoms with Crippen LogP contribution in [0.2, 0.25) is 5.02 Å². The summed E-state index contributed by atoms with van der Waals surface area (Å²) in [6.45, 7) is 2.01. The number of nitrogens with two attached hydrogens (primary N) is 1. The molecule has 0 aliphatic carbocycles. The van der Waals surface area contributed by atoms with E-state index in [0.717, 1.165) is 15.8 Å². The van der Waals surface area contributed by atoms with Crippen LogP contribution in [0.3, 0.4) is 0 Å². The van der Waals surface area contributed by atoms with Crippen molar-refractivity contribution in [1.82, 2.24) is 4.72 Å². The Hall–Kier alpha value is -1.15. The number of sulfonamides is 1. The second-order valence-electron chi connectivity index (χ2n) is 4.15. The molecule has 20 heavy (non-hydrogen) atoms. The maximum absolute atomic E-state index is 13.8. The van der Waals surface area contributed by atoms with Crippen molar-refractivity contribution in [2.75, 3.05) is 5.73 Å². The summed E-state index contributed by atoms with van der Waals surface area (Å²) in [6, 6.07) is 5.90. The first-order valence-electron chi connectivity index (χ1n) is 5.59. The topological polar surface area (TPSA) is 72.2 Å². The summed E-state index contributed by atoms with van der Waals surface area (Å²) in [6.07, 6.45) is 0. The van der Waals surface area contributed by atoms with Crippen LogP contribution >= 0.6 is 22.9 Å². The minimum atomic E-state index is -4.01. The zero-order valence-electron chi connectivity index (χ0n) is 10.5. The molecule has 1 heterocycles. The molecular weight excluding hydrogens is 323 g/mol. The number of halogens is 2. The molecule has 1 aromatic heterocycles. The lowest BCUT2D eigenvalue weighted by Crippen LogP contribution is -2.24. The van der Waals surface area contributed by atoms with Gasteiger partial charge < -0.3 is 5.73 Å². The standard InChI is InChI=1S/C12H12ClFN2O2S2/c1-7-2-3-9(19-7)6-16-20(17,18)11-5-8(15)4-10(13)12(11)14/h2-5,16H,6,15H2,1H3. The van der Waals surface area contributed by atoms with Crippen molar-refractivity contribution in [3.8, 4) is 0 Å². The van der Waals surface area contributed by atoms with E-state index in [0.29, 0.717) is 0 Å². The fourth-order valence-corrected chi connectivity index (χ4v) is 3.95. The van der Waals surface area contributed by atoms with Gasteiger partial charge in [0, 0.05) is 22.0 Å². The summed E-state index contributed by atoms with van der Waals surface area (Å²) in [5, 5.41) is -0.322. The molecule has 0 radical (unpaired) electrons. The van der Waals surface area contributed by atoms with Gasteiger partial charge in [0.1, 0.15) is 4.90 Å². The van der Waals surface area contributed by atoms with Gasteiger partial charge in [0.25, 0.3) is 0 Å². The van der Waals surface area contributed by atoms with Gasteiger partial charge in [-0.25, -0.2) is 17.5 Å². The summed E-state index contributed by atoms with van der Waals surface area (Å²) in [5.74, 6) is -1.00. The fraction of sp³-hybridized carbons (Fsp3) is 0.167. The smallest absolute Gasteiger partial charge is 0.243 e. The molecular formula is C12H12ClFN2O2S2. The zero-order chi connectivity index (χ0) is 14.9. The predicted octanol–water partition coefficient (Wildman–Crippen LogP) is 2.91. The van der Waals surface area contributed by atoms with Gasteiger partial charge >= 0.3 is 0 Å². The Labute approximate surface area is 125 Å². The minimum absolute atomic E-state index is 0.0868. The van der Waals surface area contributed by atoms with Gasteiger partial charge in [-0.3, -0.25) is 0 Å². The fourth-order valence-electron chi connectivity index (χ4n) is 1.60. The van der Waals surface area contributed by atoms with Crippen molar-refractivity contribution in [3.63, 3.8) is 0 Å². The molecule has 3 N–H and O–H groups in total. The van der Waals surface area contributed by atoms with E-state index in [9.17, 15) is 12.8 Å². The first-order chi connectivity index (χ1) is 9.29. The Morgan fingerprint density at radius 2 is 2.10 bits per heavy atom. The van der Waals surface area contributed by atoms with Gasteiger partial charge in [-0.05, 0) is 31.2 Å². The van der Waals surface area contributed by atoms with Gasteiger partial charge in [-0.2, -0.15) is 0 Å². The highest BCUT2D eigenvalue weighted by Crippen LogP contribution is 2.26. The molecule has 0 saturated heterocycles. The lowest BCUT2D eigenvalue weighted by atomic mass is 10.3. The molecule has 2 aromatic rings. The van der Waals surface area contributed by atoms with Crippen LogP contribution in [0.15, 0.2) is 29.2 Å². The number of nitrogen functional groups attached to an aromatic ring is 1. The van der Waals surface area contributed by atoms with Crippen molar-refractivity contribution in [2.24, 2.45) is 0 Å². The van der Waals surface area contributed by atoms with E-state index < -0.39 is 20.7 Å². The Morgan fingerprint density at radius 3 is 2.70 bits per heavy atom. The molecule has 0 amide bonds. The highest BCUT2D eigenvalue weighted by Gasteiger charge is 2.21. The molecule has 0 fully saturated rings. The van der Waals surface area contributed by atoms with E-state index in [-0.39, 0.29) is 17.3 Å². The molecule has 0 spiro atoms. The molecule has 1 aromatic carbocycles. The first kappa shape index (κ1) is 15.2. The molecule has 0 aliphatic rings. The van der Waals surface area contributed by atoms with Crippen LogP contribution in [-0.4, -0.2) is 8.42 Å². The molecule has 2 rings (SSSR count). The van der Waals surface area contributed by atoms with Crippen LogP contribution < -0.4 is 10.5 Å². The maximum Gasteiger partial charge on any atom is 0.243 e. The highest BCUT2D eigenvalue weighted by molar-refractivity contribution is 7.89. The Bertz CT molecular complexity index is 744. The number of rotatable bonds is 4. The lowest BCUT2D eigenvalue weighted by molar-refractivity contribution is 0.557. The third kappa shape index (κ3) is 3.29. The number of benzene rings is 1. The van der Waals surface area contributed by atoms with E-state index in [4.69, 9.17) is 17.3 Å². The van der Waals surface area contributed by atoms with Crippen molar-refractivity contribution in [1.29, 1.82) is 0 Å². The lowest BCUT2D eigenvalue weighted by Gasteiger charge is -2.08. The van der Waals surface area contributed by atoms with E-state index in [2.05, 4.69) is 4.72 Å². The summed E-state index contributed by atoms with van der Waals surface area (Å²) in [5.41, 5.74) is 5.58. The number of anilines is 1. The minimum Gasteiger partial charge on any atom is -0.399 e. The van der Waals surface area contributed by atoms with Gasteiger partial charge in [-0.1, -0.05) is 11.6 Å². The van der Waals surface area contributed by atoms with Crippen LogP contribution in [0.25, 0.3) is 0 Å². The molecule has 4 nitrogen and oxygen atoms in total. The molecule has 0 unspecified atom stereocenters. The molecule has 8 heteroatoms. The average molecular weight is 335 g/mol. The summed E-state index contributed by atoms with van der Waals surface area (Å²) >= 11 is 7.06. The van der Waals surface area contributed by atoms with Crippen molar-refractivity contribution >= 4 is 38.6 Å². The Morgan fingerprint density at radius 1 is 1.40 bits per heavy atom. The summed E-state index contributed by atoms with van der Waals surface area (Å²) in [7, 11) is -4.01. The van der Waals surface area contributed by atoms with Gasteiger partial charge in [-0.15, -0.1) is 11.3 Å². The third-order valence-corrected chi connectivity index (χ3v) is 5.22. The Balaban J connectivity index is 2.27. The summed E-state index contributed by atoms with van der Waals surface area (Å²) in [4.78, 5) is 1.36. The van der Waals surface area contributed by atoms with Crippen LogP contribution in [0, 0.1) is 12.7 Å². The average Bonchev–Trinajstić information content (AvgIpc) is 2.77. The number of aryl methyl sites for hydroxylation is 1. The molecule has 0 aliphatic heterocycles. The number of hydrogen-bond acceptors (Lipinski definition) is 4. The summed E-state index contributed by atoms with van der Waals surface area (Å²) < 4.78 is 40.3. The highest BCUT2D eigenvalue weighted by atomic mass is 35.5. The first-order valence-corrected chi connectivity index (χ1v) is 8.27. The van der Waals surface area contributed by atoms with E-state index in [1.165, 1.54) is 17.4 Å². The molecule has 108 valence electrons. The van der Waals surface area contributed by atoms with Crippen molar-refractivity contribution < 1.29 is 12.8 Å². The quantitative estimate of drug-likeness (QED) is 0.844. The molecule has 0 bridgehead atoms. The van der Waals surface area contributed by atoms with Crippen LogP contribution in [0.1, 0.15) is 9.75 Å². The van der Waals surface area contributed by atoms with E-state index >= 15 is 0 Å². The number of hydrogen-bond donors (Lipinski definition) is 2. The van der Waals surface area contributed by atoms with Crippen molar-refractivity contribution in [3.05, 3.63) is 44.9 Å². The zero-order valence-corrected chi connectivity index (χ0v) is 12.9. The maximum atomic E-state index is 13.8. The van der Waals surface area contributed by atoms with Gasteiger partial charge in [0.05, 0.1) is 5.02 Å². The molecule has 0 atom stereocenters. The van der Waals surface area contributed by atoms with Gasteiger partial charge in [0.15, 0.2) is 5.82 Å². The van der Waals surface area contributed by atoms with Crippen LogP contribution in [-0.2, 0) is 16.6 Å². The monoisotopic (exact) mass is 334 g/mol. The van der Waals surface area contributed by atoms with E-state index in [1.54, 1.807) is 0 Å². The SMILES string of the molecule is Cc1ccc(CNS(=O)(=O)c2cc(N)cc(Cl)c2F)s1. The number of thiophene rings is 1. The van der Waals surface area contributed by atoms with Gasteiger partial charge in [0.2, 0.25) is 10.0 Å². The second-order valence-corrected chi connectivity index (χ2v) is 7.67. The molecule has 0 saturated carbocycles. The number of nitrogens with one attached hydrogen (secondary N) is 1. The normalized spacial score (nSPS) is 11.8. The van der Waals surface area contributed by atoms with Crippen LogP contribution in [0.4, 0.5) is 10.1 Å². The Kier molecular flexibility index (Phi) is 4.33. The van der Waals surface area contributed by atoms with Crippen LogP contribution in [0.5, 0.6) is 0 Å².